The quantitative estimate of drug-likeness (QED) is 0.557. The molecule has 7 nitrogen and oxygen atoms in total. The number of carbonyl (C=O) groups excluding carboxylic acids is 3. The van der Waals surface area contributed by atoms with E-state index < -0.39 is 47.9 Å². The molecule has 2 aromatic rings. The van der Waals surface area contributed by atoms with Crippen LogP contribution in [0, 0.1) is 0 Å². The fourth-order valence-corrected chi connectivity index (χ4v) is 2.80. The van der Waals surface area contributed by atoms with Gasteiger partial charge in [-0.1, -0.05) is 42.5 Å². The average Bonchev–Trinajstić information content (AvgIpc) is 2.74. The Balaban J connectivity index is 2.01. The van der Waals surface area contributed by atoms with Gasteiger partial charge in [0.05, 0.1) is 5.56 Å². The normalized spacial score (nSPS) is 12.4. The van der Waals surface area contributed by atoms with Crippen LogP contribution in [0.25, 0.3) is 0 Å². The van der Waals surface area contributed by atoms with Crippen LogP contribution >= 0.6 is 0 Å². The summed E-state index contributed by atoms with van der Waals surface area (Å²) in [5.41, 5.74) is -0.524. The predicted octanol–water partition coefficient (Wildman–Crippen LogP) is 4.00. The molecule has 0 saturated heterocycles. The van der Waals surface area contributed by atoms with Gasteiger partial charge in [-0.3, -0.25) is 9.59 Å². The molecule has 2 aromatic carbocycles. The van der Waals surface area contributed by atoms with E-state index in [1.165, 1.54) is 12.1 Å². The lowest BCUT2D eigenvalue weighted by Gasteiger charge is -2.23. The van der Waals surface area contributed by atoms with Gasteiger partial charge in [-0.25, -0.2) is 4.79 Å². The van der Waals surface area contributed by atoms with Crippen LogP contribution in [0.1, 0.15) is 37.5 Å². The van der Waals surface area contributed by atoms with E-state index in [0.29, 0.717) is 5.56 Å². The molecule has 0 aliphatic heterocycles. The van der Waals surface area contributed by atoms with Crippen molar-refractivity contribution < 1.29 is 37.0 Å². The van der Waals surface area contributed by atoms with Crippen LogP contribution in [-0.4, -0.2) is 36.2 Å². The van der Waals surface area contributed by atoms with Crippen molar-refractivity contribution in [2.75, 3.05) is 6.54 Å². The molecule has 0 bridgehead atoms. The fourth-order valence-electron chi connectivity index (χ4n) is 2.80. The summed E-state index contributed by atoms with van der Waals surface area (Å²) >= 11 is 0. The first-order valence-electron chi connectivity index (χ1n) is 10.5. The van der Waals surface area contributed by atoms with Crippen molar-refractivity contribution in [2.45, 2.75) is 51.6 Å². The number of benzene rings is 2. The number of alkyl carbamates (subject to hydrolysis) is 1. The van der Waals surface area contributed by atoms with Crippen LogP contribution in [0.4, 0.5) is 18.0 Å². The monoisotopic (exact) mass is 480 g/mol. The van der Waals surface area contributed by atoms with Crippen molar-refractivity contribution in [3.63, 3.8) is 0 Å². The summed E-state index contributed by atoms with van der Waals surface area (Å²) in [6.07, 6.45) is -5.50. The molecule has 0 fully saturated rings. The zero-order chi connectivity index (χ0) is 25.4. The van der Waals surface area contributed by atoms with Crippen molar-refractivity contribution in [1.29, 1.82) is 0 Å². The van der Waals surface area contributed by atoms with Crippen LogP contribution in [0.15, 0.2) is 54.6 Å². The maximum absolute atomic E-state index is 12.8. The second-order valence-corrected chi connectivity index (χ2v) is 8.46. The highest BCUT2D eigenvalue weighted by atomic mass is 19.4. The maximum atomic E-state index is 12.8. The number of nitrogens with one attached hydrogen (secondary N) is 2. The highest BCUT2D eigenvalue weighted by Crippen LogP contribution is 2.29. The zero-order valence-corrected chi connectivity index (χ0v) is 19.1. The summed E-state index contributed by atoms with van der Waals surface area (Å²) in [4.78, 5) is 36.9. The van der Waals surface area contributed by atoms with E-state index in [4.69, 9.17) is 9.47 Å². The van der Waals surface area contributed by atoms with E-state index in [9.17, 15) is 27.6 Å². The third-order valence-corrected chi connectivity index (χ3v) is 4.38. The van der Waals surface area contributed by atoms with Gasteiger partial charge < -0.3 is 20.1 Å². The van der Waals surface area contributed by atoms with Gasteiger partial charge in [0.2, 0.25) is 5.91 Å². The molecular weight excluding hydrogens is 453 g/mol. The van der Waals surface area contributed by atoms with Gasteiger partial charge in [0, 0.05) is 6.42 Å². The Hall–Kier alpha value is -3.56. The zero-order valence-electron chi connectivity index (χ0n) is 19.1. The van der Waals surface area contributed by atoms with Gasteiger partial charge >= 0.3 is 18.2 Å². The molecule has 0 radical (unpaired) electrons. The maximum Gasteiger partial charge on any atom is 0.416 e. The van der Waals surface area contributed by atoms with E-state index in [0.717, 1.165) is 17.7 Å². The summed E-state index contributed by atoms with van der Waals surface area (Å²) in [5.74, 6) is -1.41. The number of hydrogen-bond donors (Lipinski definition) is 2. The van der Waals surface area contributed by atoms with Crippen molar-refractivity contribution >= 4 is 18.0 Å². The lowest BCUT2D eigenvalue weighted by atomic mass is 10.0. The summed E-state index contributed by atoms with van der Waals surface area (Å²) in [6.45, 7) is 4.49. The Kier molecular flexibility index (Phi) is 9.05. The Labute approximate surface area is 195 Å². The first-order valence-corrected chi connectivity index (χ1v) is 10.5. The van der Waals surface area contributed by atoms with Crippen molar-refractivity contribution in [3.8, 4) is 0 Å². The lowest BCUT2D eigenvalue weighted by Crippen LogP contribution is -2.50. The van der Waals surface area contributed by atoms with Gasteiger partial charge in [0.15, 0.2) is 0 Å². The van der Waals surface area contributed by atoms with Gasteiger partial charge in [-0.05, 0) is 44.0 Å². The molecule has 1 atom stereocenters. The topological polar surface area (TPSA) is 93.7 Å². The third kappa shape index (κ3) is 9.51. The minimum atomic E-state index is -4.50. The summed E-state index contributed by atoms with van der Waals surface area (Å²) < 4.78 is 48.7. The average molecular weight is 480 g/mol. The van der Waals surface area contributed by atoms with Crippen molar-refractivity contribution in [2.24, 2.45) is 0 Å². The predicted molar refractivity (Wildman–Crippen MR) is 118 cm³/mol. The highest BCUT2D eigenvalue weighted by molar-refractivity contribution is 5.88. The molecule has 184 valence electrons. The Bertz CT molecular complexity index is 971. The summed E-state index contributed by atoms with van der Waals surface area (Å²) in [5, 5.41) is 4.78. The minimum Gasteiger partial charge on any atom is -0.460 e. The van der Waals surface area contributed by atoms with Crippen molar-refractivity contribution in [1.82, 2.24) is 10.6 Å². The highest BCUT2D eigenvalue weighted by Gasteiger charge is 2.30. The number of ether oxygens (including phenoxy) is 2. The number of amides is 2. The molecule has 0 aliphatic rings. The standard InChI is InChI=1S/C24H27F3N2O5/c1-23(2,3)34-22(32)29-19(13-16-9-11-18(12-10-16)24(25,26)27)21(31)28-14-20(30)33-15-17-7-5-4-6-8-17/h4-12,19H,13-15H2,1-3H3,(H,28,31)(H,29,32). The second kappa shape index (κ2) is 11.5. The minimum absolute atomic E-state index is 0.0285. The van der Waals surface area contributed by atoms with Gasteiger partial charge in [-0.15, -0.1) is 0 Å². The van der Waals surface area contributed by atoms with Gasteiger partial charge in [0.25, 0.3) is 0 Å². The number of hydrogen-bond acceptors (Lipinski definition) is 5. The van der Waals surface area contributed by atoms with Crippen LogP contribution in [0.5, 0.6) is 0 Å². The van der Waals surface area contributed by atoms with E-state index in [2.05, 4.69) is 10.6 Å². The van der Waals surface area contributed by atoms with Crippen molar-refractivity contribution in [3.05, 3.63) is 71.3 Å². The molecule has 2 N–H and O–H groups in total. The van der Waals surface area contributed by atoms with Crippen LogP contribution in [0.3, 0.4) is 0 Å². The number of halogens is 3. The molecule has 2 amide bonds. The molecule has 1 unspecified atom stereocenters. The van der Waals surface area contributed by atoms with Crippen LogP contribution in [0.2, 0.25) is 0 Å². The van der Waals surface area contributed by atoms with Gasteiger partial charge in [0.1, 0.15) is 24.8 Å². The molecule has 0 heterocycles. The second-order valence-electron chi connectivity index (χ2n) is 8.46. The smallest absolute Gasteiger partial charge is 0.416 e. The van der Waals surface area contributed by atoms with Gasteiger partial charge in [-0.2, -0.15) is 13.2 Å². The fraction of sp³-hybridized carbons (Fsp3) is 0.375. The van der Waals surface area contributed by atoms with Crippen LogP contribution in [-0.2, 0) is 38.3 Å². The first kappa shape index (κ1) is 26.7. The molecule has 10 heteroatoms. The van der Waals surface area contributed by atoms with E-state index in [1.807, 2.05) is 6.07 Å². The van der Waals surface area contributed by atoms with E-state index in [1.54, 1.807) is 45.0 Å². The lowest BCUT2D eigenvalue weighted by molar-refractivity contribution is -0.145. The first-order chi connectivity index (χ1) is 15.8. The molecule has 0 spiro atoms. The number of esters is 1. The van der Waals surface area contributed by atoms with E-state index >= 15 is 0 Å². The summed E-state index contributed by atoms with van der Waals surface area (Å²) in [6, 6.07) is 12.0. The third-order valence-electron chi connectivity index (χ3n) is 4.38. The molecule has 2 rings (SSSR count). The molecule has 0 saturated carbocycles. The van der Waals surface area contributed by atoms with Crippen LogP contribution < -0.4 is 10.6 Å². The Morgan fingerprint density at radius 2 is 1.53 bits per heavy atom. The molecule has 34 heavy (non-hydrogen) atoms. The molecule has 0 aliphatic carbocycles. The summed E-state index contributed by atoms with van der Waals surface area (Å²) in [7, 11) is 0. The number of alkyl halides is 3. The molecule has 0 aromatic heterocycles. The Morgan fingerprint density at radius 3 is 2.09 bits per heavy atom. The van der Waals surface area contributed by atoms with E-state index in [-0.39, 0.29) is 13.0 Å². The number of carbonyl (C=O) groups is 3. The Morgan fingerprint density at radius 1 is 0.912 bits per heavy atom. The SMILES string of the molecule is CC(C)(C)OC(=O)NC(Cc1ccc(C(F)(F)F)cc1)C(=O)NCC(=O)OCc1ccccc1. The largest absolute Gasteiger partial charge is 0.460 e. The molecular formula is C24H27F3N2O5. The number of rotatable bonds is 8.